The highest BCUT2D eigenvalue weighted by atomic mass is 35.5. The van der Waals surface area contributed by atoms with Crippen molar-refractivity contribution < 1.29 is 0 Å². The zero-order valence-corrected chi connectivity index (χ0v) is 6.69. The summed E-state index contributed by atoms with van der Waals surface area (Å²) in [6.07, 6.45) is 2.95. The molecule has 2 atom stereocenters. The molecule has 1 radical (unpaired) electrons. The Balaban J connectivity index is 2.54. The molecule has 1 aliphatic rings. The molecule has 0 amide bonds. The molecule has 0 saturated heterocycles. The molecule has 2 unspecified atom stereocenters. The Hall–Kier alpha value is 0.930. The zero-order chi connectivity index (χ0) is 6.20. The Morgan fingerprint density at radius 3 is 2.38 bits per heavy atom. The van der Waals surface area contributed by atoms with Crippen molar-refractivity contribution in [3.8, 4) is 0 Å². The van der Waals surface area contributed by atoms with Crippen molar-refractivity contribution in [2.24, 2.45) is 0 Å². The van der Waals surface area contributed by atoms with Gasteiger partial charge in [0, 0.05) is 0 Å². The minimum Gasteiger partial charge on any atom is -0.120 e. The molecule has 0 spiro atoms. The lowest BCUT2D eigenvalue weighted by molar-refractivity contribution is 0.843. The largest absolute Gasteiger partial charge is 0.120 e. The van der Waals surface area contributed by atoms with Crippen LogP contribution in [-0.4, -0.2) is 9.58 Å². The summed E-state index contributed by atoms with van der Waals surface area (Å²) < 4.78 is -0.526. The van der Waals surface area contributed by atoms with E-state index in [2.05, 4.69) is 0 Å². The minimum absolute atomic E-state index is 0.0131. The molecule has 0 heterocycles. The van der Waals surface area contributed by atoms with Crippen molar-refractivity contribution in [1.29, 1.82) is 0 Å². The van der Waals surface area contributed by atoms with E-state index in [0.29, 0.717) is 0 Å². The van der Waals surface area contributed by atoms with Gasteiger partial charge in [-0.25, -0.2) is 0 Å². The van der Waals surface area contributed by atoms with E-state index in [0.717, 1.165) is 19.3 Å². The summed E-state index contributed by atoms with van der Waals surface area (Å²) in [5.74, 6) is 0. The Morgan fingerprint density at radius 1 is 1.62 bits per heavy atom. The van der Waals surface area contributed by atoms with Crippen LogP contribution in [-0.2, 0) is 0 Å². The Bertz CT molecular complexity index is 92.4. The first kappa shape index (κ1) is 7.04. The summed E-state index contributed by atoms with van der Waals surface area (Å²) in [5, 5.41) is 0.0131. The minimum atomic E-state index is -0.526. The lowest BCUT2D eigenvalue weighted by Crippen LogP contribution is -2.18. The van der Waals surface area contributed by atoms with Gasteiger partial charge in [-0.15, -0.1) is 23.2 Å². The third kappa shape index (κ3) is 1.26. The Morgan fingerprint density at radius 2 is 2.25 bits per heavy atom. The fourth-order valence-electron chi connectivity index (χ4n) is 0.894. The van der Waals surface area contributed by atoms with Gasteiger partial charge in [-0.3, -0.25) is 0 Å². The highest BCUT2D eigenvalue weighted by Gasteiger charge is 2.37. The molecule has 1 fully saturated rings. The highest BCUT2D eigenvalue weighted by Crippen LogP contribution is 2.42. The monoisotopic (exact) mass is 169 g/mol. The molecular weight excluding hydrogens is 163 g/mol. The number of halogens is 2. The number of rotatable bonds is 0. The molecule has 0 N–H and O–H groups in total. The van der Waals surface area contributed by atoms with Gasteiger partial charge in [0.25, 0.3) is 0 Å². The van der Waals surface area contributed by atoms with Crippen molar-refractivity contribution in [2.75, 3.05) is 0 Å². The fourth-order valence-corrected chi connectivity index (χ4v) is 1.66. The summed E-state index contributed by atoms with van der Waals surface area (Å²) >= 11 is 16.5. The quantitative estimate of drug-likeness (QED) is 0.490. The maximum Gasteiger partial charge on any atom is 0.116 e. The molecule has 1 saturated carbocycles. The second kappa shape index (κ2) is 2.28. The van der Waals surface area contributed by atoms with E-state index in [1.54, 1.807) is 0 Å². The average molecular weight is 170 g/mol. The highest BCUT2D eigenvalue weighted by molar-refractivity contribution is 7.83. The van der Waals surface area contributed by atoms with Crippen LogP contribution in [0.1, 0.15) is 19.3 Å². The van der Waals surface area contributed by atoms with Crippen LogP contribution < -0.4 is 0 Å². The maximum atomic E-state index is 5.80. The van der Waals surface area contributed by atoms with Crippen LogP contribution in [0.2, 0.25) is 0 Å². The fraction of sp³-hybridized carbons (Fsp3) is 1.00. The van der Waals surface area contributed by atoms with E-state index in [9.17, 15) is 0 Å². The second-order valence-electron chi connectivity index (χ2n) is 2.15. The van der Waals surface area contributed by atoms with Crippen LogP contribution in [0.15, 0.2) is 0 Å². The topological polar surface area (TPSA) is 0 Å². The van der Waals surface area contributed by atoms with Gasteiger partial charge in [-0.05, 0) is 19.3 Å². The summed E-state index contributed by atoms with van der Waals surface area (Å²) in [6.45, 7) is 0. The van der Waals surface area contributed by atoms with E-state index in [-0.39, 0.29) is 5.38 Å². The van der Waals surface area contributed by atoms with E-state index < -0.39 is 4.21 Å². The van der Waals surface area contributed by atoms with Crippen LogP contribution in [0.3, 0.4) is 0 Å². The predicted octanol–water partition coefficient (Wildman–Crippen LogP) is 2.91. The van der Waals surface area contributed by atoms with Crippen molar-refractivity contribution in [3.63, 3.8) is 0 Å². The number of hydrogen-bond donors (Lipinski definition) is 0. The van der Waals surface area contributed by atoms with Crippen molar-refractivity contribution >= 4 is 35.8 Å². The third-order valence-corrected chi connectivity index (χ3v) is 3.22. The smallest absolute Gasteiger partial charge is 0.116 e. The molecule has 0 aliphatic heterocycles. The molecule has 0 nitrogen and oxygen atoms in total. The van der Waals surface area contributed by atoms with Gasteiger partial charge in [0.15, 0.2) is 0 Å². The normalized spacial score (nSPS) is 47.6. The van der Waals surface area contributed by atoms with Gasteiger partial charge in [-0.2, -0.15) is 0 Å². The molecule has 3 heteroatoms. The first-order valence-electron chi connectivity index (χ1n) is 2.66. The summed E-state index contributed by atoms with van der Waals surface area (Å²) in [7, 11) is 0. The van der Waals surface area contributed by atoms with E-state index >= 15 is 0 Å². The lowest BCUT2D eigenvalue weighted by Gasteiger charge is -2.14. The maximum absolute atomic E-state index is 5.80. The molecule has 0 aromatic carbocycles. The Labute approximate surface area is 65.0 Å². The first-order chi connectivity index (χ1) is 3.63. The average Bonchev–Trinajstić information content (AvgIpc) is 1.86. The SMILES string of the molecule is [S]C1(Cl)CCCC1Cl. The Kier molecular flexibility index (Phi) is 2.01. The molecule has 0 aromatic rings. The van der Waals surface area contributed by atoms with Crippen LogP contribution in [0.25, 0.3) is 0 Å². The van der Waals surface area contributed by atoms with E-state index in [4.69, 9.17) is 35.8 Å². The molecule has 8 heavy (non-hydrogen) atoms. The molecule has 0 bridgehead atoms. The summed E-state index contributed by atoms with van der Waals surface area (Å²) in [6, 6.07) is 0. The molecule has 1 aliphatic carbocycles. The van der Waals surface area contributed by atoms with Gasteiger partial charge in [0.2, 0.25) is 0 Å². The third-order valence-electron chi connectivity index (χ3n) is 1.44. The number of hydrogen-bond acceptors (Lipinski definition) is 0. The summed E-state index contributed by atoms with van der Waals surface area (Å²) in [4.78, 5) is 0. The first-order valence-corrected chi connectivity index (χ1v) is 3.88. The van der Waals surface area contributed by atoms with Crippen LogP contribution in [0, 0.1) is 0 Å². The molecule has 47 valence electrons. The van der Waals surface area contributed by atoms with Crippen LogP contribution in [0.4, 0.5) is 0 Å². The van der Waals surface area contributed by atoms with Gasteiger partial charge < -0.3 is 0 Å². The zero-order valence-electron chi connectivity index (χ0n) is 4.36. The van der Waals surface area contributed by atoms with Gasteiger partial charge in [0.1, 0.15) is 4.21 Å². The standard InChI is InChI=1S/C5H7Cl2S/c6-4-2-1-3-5(4,7)8/h4H,1-3H2. The molecule has 1 rings (SSSR count). The van der Waals surface area contributed by atoms with E-state index in [1.165, 1.54) is 0 Å². The predicted molar refractivity (Wildman–Crippen MR) is 39.7 cm³/mol. The van der Waals surface area contributed by atoms with Crippen LogP contribution >= 0.6 is 35.8 Å². The van der Waals surface area contributed by atoms with Crippen molar-refractivity contribution in [3.05, 3.63) is 0 Å². The number of alkyl halides is 2. The second-order valence-corrected chi connectivity index (χ2v) is 4.30. The summed E-state index contributed by atoms with van der Waals surface area (Å²) in [5.41, 5.74) is 0. The van der Waals surface area contributed by atoms with Gasteiger partial charge in [0.05, 0.1) is 5.38 Å². The van der Waals surface area contributed by atoms with Crippen molar-refractivity contribution in [1.82, 2.24) is 0 Å². The molecule has 0 aromatic heterocycles. The lowest BCUT2D eigenvalue weighted by atomic mass is 10.3. The van der Waals surface area contributed by atoms with Gasteiger partial charge in [-0.1, -0.05) is 12.6 Å². The van der Waals surface area contributed by atoms with Crippen molar-refractivity contribution in [2.45, 2.75) is 28.8 Å². The molecular formula is C5H7Cl2S. The van der Waals surface area contributed by atoms with Crippen LogP contribution in [0.5, 0.6) is 0 Å². The van der Waals surface area contributed by atoms with E-state index in [1.807, 2.05) is 0 Å². The van der Waals surface area contributed by atoms with Gasteiger partial charge >= 0.3 is 0 Å².